The normalized spacial score (nSPS) is 15.4. The third-order valence-corrected chi connectivity index (χ3v) is 5.02. The zero-order chi connectivity index (χ0) is 20.1. The zero-order valence-corrected chi connectivity index (χ0v) is 17.0. The van der Waals surface area contributed by atoms with E-state index in [1.807, 2.05) is 51.1 Å². The molecule has 0 spiro atoms. The number of aromatic nitrogens is 4. The van der Waals surface area contributed by atoms with Crippen LogP contribution in [0.1, 0.15) is 53.3 Å². The molecule has 0 aliphatic heterocycles. The minimum absolute atomic E-state index is 0.108. The van der Waals surface area contributed by atoms with E-state index in [2.05, 4.69) is 29.1 Å². The Kier molecular flexibility index (Phi) is 4.29. The highest BCUT2D eigenvalue weighted by Gasteiger charge is 2.37. The third kappa shape index (κ3) is 3.42. The number of aryl methyl sites for hydroxylation is 3. The number of fused-ring (bicyclic) bond motifs is 1. The maximum atomic E-state index is 13.0. The van der Waals surface area contributed by atoms with E-state index in [1.54, 1.807) is 4.68 Å². The van der Waals surface area contributed by atoms with Crippen molar-refractivity contribution in [2.45, 2.75) is 47.5 Å². The van der Waals surface area contributed by atoms with Crippen LogP contribution < -0.4 is 5.32 Å². The molecule has 3 aromatic rings. The van der Waals surface area contributed by atoms with Crippen LogP contribution >= 0.6 is 0 Å². The van der Waals surface area contributed by atoms with Gasteiger partial charge in [0, 0.05) is 23.5 Å². The highest BCUT2D eigenvalue weighted by molar-refractivity contribution is 6.03. The summed E-state index contributed by atoms with van der Waals surface area (Å²) in [5.41, 5.74) is 5.24. The molecule has 0 unspecified atom stereocenters. The predicted octanol–water partition coefficient (Wildman–Crippen LogP) is 4.49. The first-order chi connectivity index (χ1) is 13.2. The van der Waals surface area contributed by atoms with E-state index >= 15 is 0 Å². The van der Waals surface area contributed by atoms with Gasteiger partial charge in [-0.15, -0.1) is 5.10 Å². The van der Waals surface area contributed by atoms with Gasteiger partial charge in [-0.25, -0.2) is 14.6 Å². The van der Waals surface area contributed by atoms with Gasteiger partial charge in [0.25, 0.3) is 5.95 Å². The Labute approximate surface area is 165 Å². The molecule has 4 rings (SSSR count). The first-order valence-corrected chi connectivity index (χ1v) is 9.53. The van der Waals surface area contributed by atoms with Gasteiger partial charge in [0.05, 0.1) is 11.3 Å². The lowest BCUT2D eigenvalue weighted by Crippen LogP contribution is -2.28. The van der Waals surface area contributed by atoms with E-state index in [9.17, 15) is 4.79 Å². The topological polar surface area (TPSA) is 72.7 Å². The number of nitrogens with zero attached hydrogens (tertiary/aromatic N) is 4. The number of Topliss-reactive ketones (excluding diaryl/α,β-unsaturated/α-hetero) is 1. The van der Waals surface area contributed by atoms with Crippen LogP contribution in [-0.2, 0) is 6.42 Å². The van der Waals surface area contributed by atoms with E-state index in [4.69, 9.17) is 5.10 Å². The van der Waals surface area contributed by atoms with Crippen molar-refractivity contribution in [2.24, 2.45) is 5.41 Å². The minimum atomic E-state index is -0.123. The van der Waals surface area contributed by atoms with Crippen LogP contribution in [0.5, 0.6) is 0 Å². The Morgan fingerprint density at radius 1 is 1.00 bits per heavy atom. The minimum Gasteiger partial charge on any atom is -0.338 e. The summed E-state index contributed by atoms with van der Waals surface area (Å²) in [6.45, 7) is 10.1. The molecule has 0 saturated carbocycles. The van der Waals surface area contributed by atoms with Crippen LogP contribution in [0.3, 0.4) is 0 Å². The molecule has 1 aliphatic rings. The Balaban J connectivity index is 1.87. The number of nitrogens with one attached hydrogen (secondary N) is 1. The standard InChI is InChI=1S/C22H25N5O/c1-13-6-8-16(9-7-13)25-20-19-17(11-22(4,5)12-18(19)28)27(26-20)21-23-14(2)10-15(3)24-21/h6-10H,11-12H2,1-5H3,(H,25,26). The van der Waals surface area contributed by atoms with Gasteiger partial charge in [0.15, 0.2) is 11.6 Å². The van der Waals surface area contributed by atoms with E-state index in [1.165, 1.54) is 5.56 Å². The van der Waals surface area contributed by atoms with Gasteiger partial charge in [-0.1, -0.05) is 31.5 Å². The van der Waals surface area contributed by atoms with Crippen LogP contribution in [-0.4, -0.2) is 25.5 Å². The lowest BCUT2D eigenvalue weighted by Gasteiger charge is -2.28. The van der Waals surface area contributed by atoms with Crippen molar-refractivity contribution in [3.63, 3.8) is 0 Å². The maximum Gasteiger partial charge on any atom is 0.251 e. The fourth-order valence-electron chi connectivity index (χ4n) is 3.78. The molecule has 0 saturated heterocycles. The summed E-state index contributed by atoms with van der Waals surface area (Å²) >= 11 is 0. The fourth-order valence-corrected chi connectivity index (χ4v) is 3.78. The summed E-state index contributed by atoms with van der Waals surface area (Å²) in [6.07, 6.45) is 1.25. The van der Waals surface area contributed by atoms with Gasteiger partial charge < -0.3 is 5.32 Å². The van der Waals surface area contributed by atoms with Crippen molar-refractivity contribution in [3.8, 4) is 5.95 Å². The molecule has 0 radical (unpaired) electrons. The maximum absolute atomic E-state index is 13.0. The van der Waals surface area contributed by atoms with Crippen molar-refractivity contribution in [2.75, 3.05) is 5.32 Å². The molecule has 2 aromatic heterocycles. The van der Waals surface area contributed by atoms with Crippen LogP contribution in [0.15, 0.2) is 30.3 Å². The number of benzene rings is 1. The van der Waals surface area contributed by atoms with Gasteiger partial charge in [0.1, 0.15) is 0 Å². The Bertz CT molecular complexity index is 1040. The van der Waals surface area contributed by atoms with Gasteiger partial charge in [-0.05, 0) is 50.8 Å². The molecule has 0 fully saturated rings. The number of hydrogen-bond donors (Lipinski definition) is 1. The second-order valence-electron chi connectivity index (χ2n) is 8.46. The first kappa shape index (κ1) is 18.3. The van der Waals surface area contributed by atoms with E-state index in [0.29, 0.717) is 23.8 Å². The summed E-state index contributed by atoms with van der Waals surface area (Å²) in [4.78, 5) is 22.1. The largest absolute Gasteiger partial charge is 0.338 e. The van der Waals surface area contributed by atoms with Crippen molar-refractivity contribution in [1.29, 1.82) is 0 Å². The second-order valence-corrected chi connectivity index (χ2v) is 8.46. The molecule has 28 heavy (non-hydrogen) atoms. The lowest BCUT2D eigenvalue weighted by molar-refractivity contribution is 0.0911. The molecule has 2 heterocycles. The van der Waals surface area contributed by atoms with Gasteiger partial charge >= 0.3 is 0 Å². The van der Waals surface area contributed by atoms with Gasteiger partial charge in [-0.2, -0.15) is 0 Å². The number of ketones is 1. The van der Waals surface area contributed by atoms with Crippen LogP contribution in [0.25, 0.3) is 5.95 Å². The molecule has 1 aliphatic carbocycles. The molecule has 6 heteroatoms. The fraction of sp³-hybridized carbons (Fsp3) is 0.364. The molecule has 0 amide bonds. The Morgan fingerprint density at radius 2 is 1.64 bits per heavy atom. The zero-order valence-electron chi connectivity index (χ0n) is 17.0. The summed E-state index contributed by atoms with van der Waals surface area (Å²) in [6, 6.07) is 9.98. The second kappa shape index (κ2) is 6.55. The van der Waals surface area contributed by atoms with E-state index in [0.717, 1.165) is 29.2 Å². The molecule has 0 bridgehead atoms. The molecular formula is C22H25N5O. The average Bonchev–Trinajstić information content (AvgIpc) is 2.93. The third-order valence-electron chi connectivity index (χ3n) is 5.02. The predicted molar refractivity (Wildman–Crippen MR) is 110 cm³/mol. The quantitative estimate of drug-likeness (QED) is 0.730. The first-order valence-electron chi connectivity index (χ1n) is 9.53. The van der Waals surface area contributed by atoms with Crippen molar-refractivity contribution in [1.82, 2.24) is 19.7 Å². The van der Waals surface area contributed by atoms with E-state index in [-0.39, 0.29) is 11.2 Å². The smallest absolute Gasteiger partial charge is 0.251 e. The van der Waals surface area contributed by atoms with Crippen molar-refractivity contribution in [3.05, 3.63) is 58.5 Å². The summed E-state index contributed by atoms with van der Waals surface area (Å²) < 4.78 is 1.74. The Hall–Kier alpha value is -3.02. The molecular weight excluding hydrogens is 350 g/mol. The van der Waals surface area contributed by atoms with E-state index < -0.39 is 0 Å². The average molecular weight is 375 g/mol. The lowest BCUT2D eigenvalue weighted by atomic mass is 9.76. The highest BCUT2D eigenvalue weighted by atomic mass is 16.1. The number of anilines is 2. The molecule has 1 N–H and O–H groups in total. The van der Waals surface area contributed by atoms with Gasteiger partial charge in [0.2, 0.25) is 0 Å². The van der Waals surface area contributed by atoms with Crippen molar-refractivity contribution >= 4 is 17.3 Å². The molecule has 144 valence electrons. The molecule has 1 aromatic carbocycles. The van der Waals surface area contributed by atoms with Crippen LogP contribution in [0.2, 0.25) is 0 Å². The summed E-state index contributed by atoms with van der Waals surface area (Å²) in [7, 11) is 0. The number of rotatable bonds is 3. The SMILES string of the molecule is Cc1ccc(Nc2nn(-c3nc(C)cc(C)n3)c3c2C(=O)CC(C)(C)C3)cc1. The van der Waals surface area contributed by atoms with Gasteiger partial charge in [-0.3, -0.25) is 4.79 Å². The number of hydrogen-bond acceptors (Lipinski definition) is 5. The van der Waals surface area contributed by atoms with Crippen LogP contribution in [0, 0.1) is 26.2 Å². The summed E-state index contributed by atoms with van der Waals surface area (Å²) in [5, 5.41) is 8.07. The molecule has 6 nitrogen and oxygen atoms in total. The van der Waals surface area contributed by atoms with Crippen molar-refractivity contribution < 1.29 is 4.79 Å². The number of carbonyl (C=O) groups is 1. The van der Waals surface area contributed by atoms with Crippen LogP contribution in [0.4, 0.5) is 11.5 Å². The molecule has 0 atom stereocenters. The highest BCUT2D eigenvalue weighted by Crippen LogP contribution is 2.39. The summed E-state index contributed by atoms with van der Waals surface area (Å²) in [5.74, 6) is 1.19. The monoisotopic (exact) mass is 375 g/mol. The number of carbonyl (C=O) groups excluding carboxylic acids is 1. The Morgan fingerprint density at radius 3 is 2.29 bits per heavy atom.